The van der Waals surface area contributed by atoms with Crippen molar-refractivity contribution in [2.75, 3.05) is 51.8 Å². The van der Waals surface area contributed by atoms with Gasteiger partial charge in [0.05, 0.1) is 12.1 Å². The standard InChI is InChI=1S/C25H29FN4O3/c1-28-12-14-29(15-13-28)25-22(24(27-33-25)20-8-10-21(26)11-9-20)17-30(23(31)18-32-2)16-19-6-4-3-5-7-19/h3-11H,12-18H2,1-2H3. The van der Waals surface area contributed by atoms with Gasteiger partial charge in [0.2, 0.25) is 11.8 Å². The van der Waals surface area contributed by atoms with Gasteiger partial charge in [0.25, 0.3) is 0 Å². The highest BCUT2D eigenvalue weighted by Crippen LogP contribution is 2.33. The van der Waals surface area contributed by atoms with Crippen LogP contribution in [0.25, 0.3) is 11.3 Å². The molecule has 1 aliphatic rings. The van der Waals surface area contributed by atoms with E-state index in [9.17, 15) is 9.18 Å². The molecule has 0 N–H and O–H groups in total. The summed E-state index contributed by atoms with van der Waals surface area (Å²) in [4.78, 5) is 19.1. The molecule has 8 heteroatoms. The number of methoxy groups -OCH3 is 1. The second-order valence-electron chi connectivity index (χ2n) is 8.28. The van der Waals surface area contributed by atoms with Crippen LogP contribution in [-0.2, 0) is 22.6 Å². The highest BCUT2D eigenvalue weighted by molar-refractivity contribution is 5.78. The van der Waals surface area contributed by atoms with Crippen molar-refractivity contribution in [2.24, 2.45) is 0 Å². The van der Waals surface area contributed by atoms with Gasteiger partial charge in [-0.05, 0) is 36.9 Å². The number of amides is 1. The first-order valence-corrected chi connectivity index (χ1v) is 11.0. The molecule has 4 rings (SSSR count). The van der Waals surface area contributed by atoms with Crippen molar-refractivity contribution < 1.29 is 18.4 Å². The molecule has 2 heterocycles. The van der Waals surface area contributed by atoms with Gasteiger partial charge in [-0.25, -0.2) is 4.39 Å². The highest BCUT2D eigenvalue weighted by Gasteiger charge is 2.28. The van der Waals surface area contributed by atoms with Crippen LogP contribution in [0.3, 0.4) is 0 Å². The number of ether oxygens (including phenoxy) is 1. The average molecular weight is 453 g/mol. The van der Waals surface area contributed by atoms with Crippen molar-refractivity contribution in [2.45, 2.75) is 13.1 Å². The number of likely N-dealkylation sites (N-methyl/N-ethyl adjacent to an activating group) is 1. The zero-order valence-corrected chi connectivity index (χ0v) is 19.0. The van der Waals surface area contributed by atoms with E-state index >= 15 is 0 Å². The van der Waals surface area contributed by atoms with Gasteiger partial charge in [-0.15, -0.1) is 0 Å². The maximum Gasteiger partial charge on any atom is 0.249 e. The summed E-state index contributed by atoms with van der Waals surface area (Å²) in [5.74, 6) is 0.215. The maximum absolute atomic E-state index is 13.6. The summed E-state index contributed by atoms with van der Waals surface area (Å²) >= 11 is 0. The van der Waals surface area contributed by atoms with Gasteiger partial charge >= 0.3 is 0 Å². The summed E-state index contributed by atoms with van der Waals surface area (Å²) in [6.07, 6.45) is 0. The van der Waals surface area contributed by atoms with Crippen molar-refractivity contribution in [3.8, 4) is 11.3 Å². The van der Waals surface area contributed by atoms with Crippen LogP contribution in [0.4, 0.5) is 10.3 Å². The van der Waals surface area contributed by atoms with E-state index in [2.05, 4.69) is 22.0 Å². The Balaban J connectivity index is 1.70. The number of carbonyl (C=O) groups is 1. The number of benzene rings is 2. The number of piperazine rings is 1. The third kappa shape index (κ3) is 5.58. The molecule has 0 aliphatic carbocycles. The number of halogens is 1. The predicted octanol–water partition coefficient (Wildman–Crippen LogP) is 3.41. The van der Waals surface area contributed by atoms with Gasteiger partial charge in [0.1, 0.15) is 18.1 Å². The van der Waals surface area contributed by atoms with E-state index in [0.717, 1.165) is 42.9 Å². The molecule has 1 saturated heterocycles. The summed E-state index contributed by atoms with van der Waals surface area (Å²) in [6.45, 7) is 4.12. The Morgan fingerprint density at radius 2 is 1.76 bits per heavy atom. The van der Waals surface area contributed by atoms with E-state index in [0.29, 0.717) is 24.7 Å². The second-order valence-corrected chi connectivity index (χ2v) is 8.28. The lowest BCUT2D eigenvalue weighted by Gasteiger charge is -2.33. The van der Waals surface area contributed by atoms with Crippen molar-refractivity contribution in [1.29, 1.82) is 0 Å². The monoisotopic (exact) mass is 452 g/mol. The topological polar surface area (TPSA) is 62.1 Å². The van der Waals surface area contributed by atoms with E-state index < -0.39 is 0 Å². The minimum Gasteiger partial charge on any atom is -0.375 e. The molecule has 33 heavy (non-hydrogen) atoms. The van der Waals surface area contributed by atoms with Crippen LogP contribution in [0.1, 0.15) is 11.1 Å². The summed E-state index contributed by atoms with van der Waals surface area (Å²) < 4.78 is 24.5. The van der Waals surface area contributed by atoms with E-state index in [-0.39, 0.29) is 18.3 Å². The molecule has 1 fully saturated rings. The highest BCUT2D eigenvalue weighted by atomic mass is 19.1. The van der Waals surface area contributed by atoms with Gasteiger partial charge in [0, 0.05) is 45.4 Å². The Labute approximate surface area is 193 Å². The molecular weight excluding hydrogens is 423 g/mol. The SMILES string of the molecule is COCC(=O)N(Cc1ccccc1)Cc1c(-c2ccc(F)cc2)noc1N1CCN(C)CC1. The second kappa shape index (κ2) is 10.6. The van der Waals surface area contributed by atoms with E-state index in [1.807, 2.05) is 30.3 Å². The van der Waals surface area contributed by atoms with Gasteiger partial charge in [0.15, 0.2) is 0 Å². The Bertz CT molecular complexity index is 1050. The van der Waals surface area contributed by atoms with Gasteiger partial charge < -0.3 is 24.0 Å². The van der Waals surface area contributed by atoms with Crippen LogP contribution in [0.2, 0.25) is 0 Å². The van der Waals surface area contributed by atoms with Crippen LogP contribution in [-0.4, -0.2) is 67.8 Å². The minimum absolute atomic E-state index is 0.0200. The summed E-state index contributed by atoms with van der Waals surface area (Å²) in [5, 5.41) is 4.35. The fourth-order valence-electron chi connectivity index (χ4n) is 3.98. The van der Waals surface area contributed by atoms with Gasteiger partial charge in [-0.2, -0.15) is 0 Å². The molecule has 174 valence electrons. The fourth-order valence-corrected chi connectivity index (χ4v) is 3.98. The third-order valence-corrected chi connectivity index (χ3v) is 5.86. The molecular formula is C25H29FN4O3. The number of hydrogen-bond acceptors (Lipinski definition) is 6. The molecule has 1 aliphatic heterocycles. The summed E-state index contributed by atoms with van der Waals surface area (Å²) in [6, 6.07) is 16.0. The Morgan fingerprint density at radius 3 is 2.42 bits per heavy atom. The lowest BCUT2D eigenvalue weighted by Crippen LogP contribution is -2.45. The van der Waals surface area contributed by atoms with Gasteiger partial charge in [-0.1, -0.05) is 35.5 Å². The molecule has 0 unspecified atom stereocenters. The third-order valence-electron chi connectivity index (χ3n) is 5.86. The Kier molecular flexibility index (Phi) is 7.36. The zero-order valence-electron chi connectivity index (χ0n) is 19.0. The first-order chi connectivity index (χ1) is 16.0. The van der Waals surface area contributed by atoms with E-state index in [4.69, 9.17) is 9.26 Å². The molecule has 0 radical (unpaired) electrons. The molecule has 0 bridgehead atoms. The maximum atomic E-state index is 13.6. The van der Waals surface area contributed by atoms with Crippen molar-refractivity contribution >= 4 is 11.8 Å². The first-order valence-electron chi connectivity index (χ1n) is 11.0. The molecule has 1 amide bonds. The molecule has 0 spiro atoms. The van der Waals surface area contributed by atoms with Crippen LogP contribution < -0.4 is 4.90 Å². The number of hydrogen-bond donors (Lipinski definition) is 0. The number of carbonyl (C=O) groups excluding carboxylic acids is 1. The van der Waals surface area contributed by atoms with Crippen molar-refractivity contribution in [3.05, 3.63) is 71.5 Å². The smallest absolute Gasteiger partial charge is 0.249 e. The number of rotatable bonds is 8. The molecule has 7 nitrogen and oxygen atoms in total. The predicted molar refractivity (Wildman–Crippen MR) is 124 cm³/mol. The molecule has 0 saturated carbocycles. The fraction of sp³-hybridized carbons (Fsp3) is 0.360. The molecule has 1 aromatic heterocycles. The Morgan fingerprint density at radius 1 is 1.06 bits per heavy atom. The minimum atomic E-state index is -0.316. The normalized spacial score (nSPS) is 14.5. The van der Waals surface area contributed by atoms with Crippen LogP contribution in [0.15, 0.2) is 59.1 Å². The van der Waals surface area contributed by atoms with E-state index in [1.165, 1.54) is 19.2 Å². The molecule has 0 atom stereocenters. The first kappa shape index (κ1) is 22.9. The van der Waals surface area contributed by atoms with Gasteiger partial charge in [-0.3, -0.25) is 4.79 Å². The quantitative estimate of drug-likeness (QED) is 0.522. The Hall–Kier alpha value is -3.23. The van der Waals surface area contributed by atoms with E-state index in [1.54, 1.807) is 17.0 Å². The average Bonchev–Trinajstić information content (AvgIpc) is 3.24. The molecule has 2 aromatic carbocycles. The molecule has 3 aromatic rings. The number of aromatic nitrogens is 1. The van der Waals surface area contributed by atoms with Crippen molar-refractivity contribution in [1.82, 2.24) is 15.0 Å². The largest absolute Gasteiger partial charge is 0.375 e. The number of anilines is 1. The lowest BCUT2D eigenvalue weighted by molar-refractivity contribution is -0.136. The van der Waals surface area contributed by atoms with Crippen LogP contribution in [0.5, 0.6) is 0 Å². The summed E-state index contributed by atoms with van der Waals surface area (Å²) in [5.41, 5.74) is 3.19. The lowest BCUT2D eigenvalue weighted by atomic mass is 10.1. The summed E-state index contributed by atoms with van der Waals surface area (Å²) in [7, 11) is 3.60. The number of nitrogens with zero attached hydrogens (tertiary/aromatic N) is 4. The van der Waals surface area contributed by atoms with Crippen LogP contribution >= 0.6 is 0 Å². The van der Waals surface area contributed by atoms with Crippen LogP contribution in [0, 0.1) is 5.82 Å². The van der Waals surface area contributed by atoms with Crippen molar-refractivity contribution in [3.63, 3.8) is 0 Å². The zero-order chi connectivity index (χ0) is 23.2.